The van der Waals surface area contributed by atoms with Crippen LogP contribution in [0.15, 0.2) is 6.07 Å². The summed E-state index contributed by atoms with van der Waals surface area (Å²) in [6, 6.07) is 1.85. The van der Waals surface area contributed by atoms with Gasteiger partial charge in [-0.1, -0.05) is 0 Å². The predicted molar refractivity (Wildman–Crippen MR) is 76.6 cm³/mol. The van der Waals surface area contributed by atoms with Crippen molar-refractivity contribution >= 4 is 23.5 Å². The quantitative estimate of drug-likeness (QED) is 0.853. The summed E-state index contributed by atoms with van der Waals surface area (Å²) in [7, 11) is 1.33. The lowest BCUT2D eigenvalue weighted by molar-refractivity contribution is 0.0586. The predicted octanol–water partition coefficient (Wildman–Crippen LogP) is 2.13. The Bertz CT molecular complexity index is 448. The minimum Gasteiger partial charge on any atom is -0.463 e. The zero-order chi connectivity index (χ0) is 13.7. The summed E-state index contributed by atoms with van der Waals surface area (Å²) in [5.74, 6) is 3.49. The van der Waals surface area contributed by atoms with E-state index >= 15 is 0 Å². The molecule has 1 saturated heterocycles. The molecule has 0 aromatic carbocycles. The van der Waals surface area contributed by atoms with Crippen LogP contribution in [0.25, 0.3) is 0 Å². The minimum atomic E-state index is -0.499. The number of aromatic nitrogens is 2. The maximum absolute atomic E-state index is 11.4. The molecule has 0 unspecified atom stereocenters. The molecule has 0 radical (unpaired) electrons. The number of methoxy groups -OCH3 is 1. The molecule has 0 aliphatic carbocycles. The highest BCUT2D eigenvalue weighted by Crippen LogP contribution is 2.22. The third-order valence-electron chi connectivity index (χ3n) is 3.13. The van der Waals surface area contributed by atoms with Crippen molar-refractivity contribution in [1.29, 1.82) is 0 Å². The van der Waals surface area contributed by atoms with Crippen molar-refractivity contribution in [2.75, 3.05) is 30.5 Å². The van der Waals surface area contributed by atoms with Crippen molar-refractivity contribution in [2.45, 2.75) is 19.8 Å². The van der Waals surface area contributed by atoms with E-state index in [2.05, 4.69) is 20.0 Å². The van der Waals surface area contributed by atoms with E-state index in [1.54, 1.807) is 0 Å². The molecule has 104 valence electrons. The molecule has 6 heteroatoms. The van der Waals surface area contributed by atoms with Crippen molar-refractivity contribution in [3.63, 3.8) is 0 Å². The van der Waals surface area contributed by atoms with Crippen molar-refractivity contribution < 1.29 is 9.53 Å². The van der Waals surface area contributed by atoms with Gasteiger partial charge in [0.25, 0.3) is 0 Å². The van der Waals surface area contributed by atoms with Gasteiger partial charge < -0.3 is 10.1 Å². The van der Waals surface area contributed by atoms with E-state index in [1.807, 2.05) is 24.8 Å². The van der Waals surface area contributed by atoms with E-state index < -0.39 is 5.97 Å². The number of thioether (sulfide) groups is 1. The normalized spacial score (nSPS) is 16.1. The molecule has 1 aliphatic rings. The fourth-order valence-corrected chi connectivity index (χ4v) is 3.25. The minimum absolute atomic E-state index is 0.115. The largest absolute Gasteiger partial charge is 0.463 e. The van der Waals surface area contributed by atoms with E-state index in [-0.39, 0.29) is 5.82 Å². The lowest BCUT2D eigenvalue weighted by atomic mass is 10.0. The Balaban J connectivity index is 1.99. The van der Waals surface area contributed by atoms with Crippen LogP contribution in [0.5, 0.6) is 0 Å². The zero-order valence-electron chi connectivity index (χ0n) is 11.3. The van der Waals surface area contributed by atoms with Crippen molar-refractivity contribution in [1.82, 2.24) is 9.97 Å². The van der Waals surface area contributed by atoms with E-state index in [0.29, 0.717) is 11.7 Å². The van der Waals surface area contributed by atoms with Crippen LogP contribution < -0.4 is 5.32 Å². The topological polar surface area (TPSA) is 64.1 Å². The molecular weight excluding hydrogens is 262 g/mol. The molecule has 0 amide bonds. The fourth-order valence-electron chi connectivity index (χ4n) is 2.04. The van der Waals surface area contributed by atoms with Crippen LogP contribution in [0.4, 0.5) is 5.82 Å². The molecule has 1 aliphatic heterocycles. The molecule has 0 saturated carbocycles. The standard InChI is InChI=1S/C13H19N3O2S/c1-9-7-11(16-12(15-9)13(17)18-2)14-8-10-3-5-19-6-4-10/h7,10H,3-6,8H2,1-2H3,(H,14,15,16). The molecule has 1 aromatic rings. The molecule has 0 bridgehead atoms. The number of rotatable bonds is 4. The number of esters is 1. The van der Waals surface area contributed by atoms with Gasteiger partial charge in [0.1, 0.15) is 5.82 Å². The van der Waals surface area contributed by atoms with Crippen molar-refractivity contribution in [3.8, 4) is 0 Å². The number of nitrogens with one attached hydrogen (secondary N) is 1. The summed E-state index contributed by atoms with van der Waals surface area (Å²) >= 11 is 2.02. The third kappa shape index (κ3) is 4.09. The second-order valence-electron chi connectivity index (χ2n) is 4.65. The second kappa shape index (κ2) is 6.75. The summed E-state index contributed by atoms with van der Waals surface area (Å²) in [6.45, 7) is 2.74. The average Bonchev–Trinajstić information content (AvgIpc) is 2.45. The van der Waals surface area contributed by atoms with Crippen molar-refractivity contribution in [3.05, 3.63) is 17.6 Å². The Morgan fingerprint density at radius 2 is 2.21 bits per heavy atom. The van der Waals surface area contributed by atoms with Gasteiger partial charge in [-0.05, 0) is 37.2 Å². The number of nitrogens with zero attached hydrogens (tertiary/aromatic N) is 2. The van der Waals surface area contributed by atoms with Crippen LogP contribution in [-0.2, 0) is 4.74 Å². The highest BCUT2D eigenvalue weighted by molar-refractivity contribution is 7.99. The van der Waals surface area contributed by atoms with Gasteiger partial charge >= 0.3 is 5.97 Å². The lowest BCUT2D eigenvalue weighted by Crippen LogP contribution is -2.20. The fraction of sp³-hybridized carbons (Fsp3) is 0.615. The van der Waals surface area contributed by atoms with Gasteiger partial charge in [0.2, 0.25) is 5.82 Å². The summed E-state index contributed by atoms with van der Waals surface area (Å²) in [4.78, 5) is 19.7. The molecule has 5 nitrogen and oxygen atoms in total. The van der Waals surface area contributed by atoms with Crippen molar-refractivity contribution in [2.24, 2.45) is 5.92 Å². The van der Waals surface area contributed by atoms with E-state index in [0.717, 1.165) is 12.2 Å². The van der Waals surface area contributed by atoms with E-state index in [9.17, 15) is 4.79 Å². The molecule has 1 N–H and O–H groups in total. The lowest BCUT2D eigenvalue weighted by Gasteiger charge is -2.21. The molecule has 0 atom stereocenters. The monoisotopic (exact) mass is 281 g/mol. The zero-order valence-corrected chi connectivity index (χ0v) is 12.1. The molecule has 1 aromatic heterocycles. The summed E-state index contributed by atoms with van der Waals surface area (Å²) in [5, 5.41) is 3.31. The number of hydrogen-bond donors (Lipinski definition) is 1. The molecule has 1 fully saturated rings. The van der Waals surface area contributed by atoms with E-state index in [1.165, 1.54) is 31.5 Å². The Labute approximate surface area is 117 Å². The second-order valence-corrected chi connectivity index (χ2v) is 5.87. The maximum Gasteiger partial charge on any atom is 0.376 e. The number of aryl methyl sites for hydroxylation is 1. The van der Waals surface area contributed by atoms with Crippen LogP contribution in [-0.4, -0.2) is 41.1 Å². The first kappa shape index (κ1) is 14.1. The third-order valence-corrected chi connectivity index (χ3v) is 4.18. The van der Waals surface area contributed by atoms with Crippen LogP contribution in [0.2, 0.25) is 0 Å². The van der Waals surface area contributed by atoms with Crippen LogP contribution >= 0.6 is 11.8 Å². The summed E-state index contributed by atoms with van der Waals surface area (Å²) in [5.41, 5.74) is 0.761. The molecule has 2 rings (SSSR count). The smallest absolute Gasteiger partial charge is 0.376 e. The maximum atomic E-state index is 11.4. The van der Waals surface area contributed by atoms with Crippen LogP contribution in [0, 0.1) is 12.8 Å². The van der Waals surface area contributed by atoms with Crippen LogP contribution in [0.1, 0.15) is 29.2 Å². The molecule has 19 heavy (non-hydrogen) atoms. The van der Waals surface area contributed by atoms with Gasteiger partial charge in [-0.15, -0.1) is 0 Å². The van der Waals surface area contributed by atoms with Crippen LogP contribution in [0.3, 0.4) is 0 Å². The highest BCUT2D eigenvalue weighted by Gasteiger charge is 2.15. The summed E-state index contributed by atoms with van der Waals surface area (Å²) in [6.07, 6.45) is 2.48. The molecule has 2 heterocycles. The number of anilines is 1. The number of ether oxygens (including phenoxy) is 1. The number of carbonyl (C=O) groups is 1. The number of hydrogen-bond acceptors (Lipinski definition) is 6. The Hall–Kier alpha value is -1.30. The van der Waals surface area contributed by atoms with E-state index in [4.69, 9.17) is 0 Å². The first-order valence-corrected chi connectivity index (χ1v) is 7.60. The molecule has 0 spiro atoms. The average molecular weight is 281 g/mol. The first-order chi connectivity index (χ1) is 9.19. The van der Waals surface area contributed by atoms with Gasteiger partial charge in [0, 0.05) is 18.3 Å². The Morgan fingerprint density at radius 3 is 2.89 bits per heavy atom. The van der Waals surface area contributed by atoms with Gasteiger partial charge in [-0.3, -0.25) is 0 Å². The number of carbonyl (C=O) groups excluding carboxylic acids is 1. The van der Waals surface area contributed by atoms with Gasteiger partial charge in [0.05, 0.1) is 7.11 Å². The van der Waals surface area contributed by atoms with Gasteiger partial charge in [0.15, 0.2) is 0 Å². The Kier molecular flexibility index (Phi) is 5.01. The SMILES string of the molecule is COC(=O)c1nc(C)cc(NCC2CCSCC2)n1. The van der Waals surface area contributed by atoms with Gasteiger partial charge in [-0.2, -0.15) is 11.8 Å². The van der Waals surface area contributed by atoms with Gasteiger partial charge in [-0.25, -0.2) is 14.8 Å². The first-order valence-electron chi connectivity index (χ1n) is 6.44. The molecular formula is C13H19N3O2S. The summed E-state index contributed by atoms with van der Waals surface area (Å²) < 4.78 is 4.65. The highest BCUT2D eigenvalue weighted by atomic mass is 32.2. The Morgan fingerprint density at radius 1 is 1.47 bits per heavy atom.